The van der Waals surface area contributed by atoms with Gasteiger partial charge in [-0.25, -0.2) is 18.6 Å². The van der Waals surface area contributed by atoms with Gasteiger partial charge >= 0.3 is 6.03 Å². The number of urea groups is 1. The molecule has 34 heavy (non-hydrogen) atoms. The summed E-state index contributed by atoms with van der Waals surface area (Å²) in [6.07, 6.45) is 0.255. The van der Waals surface area contributed by atoms with Crippen molar-refractivity contribution in [2.45, 2.75) is 38.8 Å². The van der Waals surface area contributed by atoms with Crippen LogP contribution in [0.2, 0.25) is 0 Å². The monoisotopic (exact) mass is 472 g/mol. The van der Waals surface area contributed by atoms with Gasteiger partial charge in [-0.1, -0.05) is 30.3 Å². The van der Waals surface area contributed by atoms with Crippen LogP contribution in [0.25, 0.3) is 0 Å². The first kappa shape index (κ1) is 25.3. The van der Waals surface area contributed by atoms with E-state index in [0.29, 0.717) is 16.8 Å². The van der Waals surface area contributed by atoms with Crippen LogP contribution in [0.3, 0.4) is 0 Å². The first-order valence-electron chi connectivity index (χ1n) is 11.0. The van der Waals surface area contributed by atoms with Gasteiger partial charge < -0.3 is 15.0 Å². The Bertz CT molecular complexity index is 1050. The number of carbonyl (C=O) groups is 2. The Kier molecular flexibility index (Phi) is 7.98. The van der Waals surface area contributed by atoms with Crippen molar-refractivity contribution in [1.29, 1.82) is 0 Å². The van der Waals surface area contributed by atoms with Crippen molar-refractivity contribution >= 4 is 17.6 Å². The first-order valence-corrected chi connectivity index (χ1v) is 11.0. The van der Waals surface area contributed by atoms with Gasteiger partial charge in [0, 0.05) is 31.2 Å². The number of nitrogens with one attached hydrogen (secondary N) is 1. The van der Waals surface area contributed by atoms with Crippen molar-refractivity contribution in [3.05, 3.63) is 71.3 Å². The van der Waals surface area contributed by atoms with Gasteiger partial charge in [0.15, 0.2) is 0 Å². The molecule has 1 N–H and O–H groups in total. The maximum absolute atomic E-state index is 14.7. The van der Waals surface area contributed by atoms with Crippen molar-refractivity contribution < 1.29 is 23.1 Å². The molecular weight excluding hydrogens is 442 g/mol. The lowest BCUT2D eigenvalue weighted by Gasteiger charge is -2.30. The molecule has 0 spiro atoms. The van der Waals surface area contributed by atoms with Crippen molar-refractivity contribution in [2.75, 3.05) is 26.8 Å². The van der Waals surface area contributed by atoms with Crippen LogP contribution in [0.4, 0.5) is 13.6 Å². The van der Waals surface area contributed by atoms with Crippen LogP contribution in [0.5, 0.6) is 0 Å². The molecule has 0 radical (unpaired) electrons. The topological polar surface area (TPSA) is 74.2 Å². The van der Waals surface area contributed by atoms with Crippen LogP contribution in [0.15, 0.2) is 53.6 Å². The van der Waals surface area contributed by atoms with Crippen LogP contribution < -0.4 is 5.32 Å². The number of carbonyl (C=O) groups excluding carboxylic acids is 2. The molecule has 0 aromatic heterocycles. The van der Waals surface area contributed by atoms with E-state index in [9.17, 15) is 18.4 Å². The minimum atomic E-state index is -0.691. The largest absolute Gasteiger partial charge is 0.383 e. The lowest BCUT2D eigenvalue weighted by atomic mass is 9.98. The van der Waals surface area contributed by atoms with Gasteiger partial charge in [0.2, 0.25) is 0 Å². The summed E-state index contributed by atoms with van der Waals surface area (Å²) in [4.78, 5) is 27.5. The lowest BCUT2D eigenvalue weighted by Crippen LogP contribution is -2.52. The molecule has 2 aromatic carbocycles. The van der Waals surface area contributed by atoms with Crippen molar-refractivity contribution in [2.24, 2.45) is 5.10 Å². The number of rotatable bonds is 7. The number of nitrogens with zero attached hydrogens (tertiary/aromatic N) is 3. The predicted molar refractivity (Wildman–Crippen MR) is 125 cm³/mol. The second-order valence-electron chi connectivity index (χ2n) is 9.13. The van der Waals surface area contributed by atoms with Crippen LogP contribution in [-0.4, -0.2) is 59.9 Å². The summed E-state index contributed by atoms with van der Waals surface area (Å²) in [5.41, 5.74) is 0.992. The Morgan fingerprint density at radius 2 is 1.82 bits per heavy atom. The number of benzene rings is 2. The fourth-order valence-corrected chi connectivity index (χ4v) is 3.63. The van der Waals surface area contributed by atoms with Gasteiger partial charge in [-0.05, 0) is 44.5 Å². The molecule has 0 saturated heterocycles. The quantitative estimate of drug-likeness (QED) is 0.660. The second kappa shape index (κ2) is 10.7. The van der Waals surface area contributed by atoms with Gasteiger partial charge in [-0.15, -0.1) is 0 Å². The summed E-state index contributed by atoms with van der Waals surface area (Å²) in [7, 11) is 1.51. The number of halogens is 2. The molecule has 2 aromatic rings. The predicted octanol–water partition coefficient (Wildman–Crippen LogP) is 4.10. The molecule has 3 rings (SSSR count). The normalized spacial score (nSPS) is 15.8. The minimum Gasteiger partial charge on any atom is -0.383 e. The molecule has 1 aliphatic heterocycles. The Hall–Kier alpha value is -3.33. The number of hydrogen-bond acceptors (Lipinski definition) is 4. The highest BCUT2D eigenvalue weighted by Gasteiger charge is 2.36. The summed E-state index contributed by atoms with van der Waals surface area (Å²) in [6, 6.07) is 10.9. The summed E-state index contributed by atoms with van der Waals surface area (Å²) < 4.78 is 33.2. The molecule has 7 nitrogen and oxygen atoms in total. The average Bonchev–Trinajstić information content (AvgIpc) is 3.21. The molecule has 1 heterocycles. The van der Waals surface area contributed by atoms with E-state index >= 15 is 0 Å². The Labute approximate surface area is 198 Å². The summed E-state index contributed by atoms with van der Waals surface area (Å²) in [5.74, 6) is -1.31. The molecule has 3 amide bonds. The molecule has 0 unspecified atom stereocenters. The lowest BCUT2D eigenvalue weighted by molar-refractivity contribution is -0.133. The molecule has 1 atom stereocenters. The van der Waals surface area contributed by atoms with Crippen LogP contribution in [0.1, 0.15) is 44.4 Å². The van der Waals surface area contributed by atoms with E-state index in [1.165, 1.54) is 35.2 Å². The Morgan fingerprint density at radius 3 is 2.44 bits per heavy atom. The van der Waals surface area contributed by atoms with Gasteiger partial charge in [0.05, 0.1) is 18.4 Å². The van der Waals surface area contributed by atoms with Crippen molar-refractivity contribution in [3.8, 4) is 0 Å². The van der Waals surface area contributed by atoms with E-state index in [0.717, 1.165) is 0 Å². The van der Waals surface area contributed by atoms with Crippen molar-refractivity contribution in [1.82, 2.24) is 15.2 Å². The molecule has 9 heteroatoms. The number of hydrogen-bond donors (Lipinski definition) is 1. The number of hydrazone groups is 1. The fourth-order valence-electron chi connectivity index (χ4n) is 3.63. The van der Waals surface area contributed by atoms with E-state index in [4.69, 9.17) is 4.74 Å². The van der Waals surface area contributed by atoms with Crippen molar-refractivity contribution in [3.63, 3.8) is 0 Å². The highest BCUT2D eigenvalue weighted by molar-refractivity contribution is 6.03. The van der Waals surface area contributed by atoms with E-state index in [-0.39, 0.29) is 31.9 Å². The Morgan fingerprint density at radius 1 is 1.15 bits per heavy atom. The van der Waals surface area contributed by atoms with E-state index < -0.39 is 29.3 Å². The third-order valence-corrected chi connectivity index (χ3v) is 5.27. The average molecular weight is 473 g/mol. The fraction of sp³-hybridized carbons (Fsp3) is 0.400. The number of ether oxygens (including phenoxy) is 1. The molecule has 0 aliphatic carbocycles. The van der Waals surface area contributed by atoms with Crippen LogP contribution in [-0.2, 0) is 9.53 Å². The highest BCUT2D eigenvalue weighted by Crippen LogP contribution is 2.34. The van der Waals surface area contributed by atoms with E-state index in [2.05, 4.69) is 10.4 Å². The van der Waals surface area contributed by atoms with Crippen LogP contribution >= 0.6 is 0 Å². The summed E-state index contributed by atoms with van der Waals surface area (Å²) >= 11 is 0. The maximum atomic E-state index is 14.7. The molecule has 1 aliphatic rings. The van der Waals surface area contributed by atoms with Gasteiger partial charge in [0.25, 0.3) is 5.91 Å². The van der Waals surface area contributed by atoms with Crippen LogP contribution in [0, 0.1) is 11.6 Å². The molecular formula is C25H30F2N4O3. The zero-order valence-corrected chi connectivity index (χ0v) is 19.8. The molecule has 0 fully saturated rings. The smallest absolute Gasteiger partial charge is 0.318 e. The molecule has 0 bridgehead atoms. The Balaban J connectivity index is 1.90. The standard InChI is InChI=1S/C25H30F2N4O3/c1-25(2,3)28-24(33)30(13-14-34-4)16-23(32)31-22(19-7-5-6-8-20(19)27)15-21(29-31)17-9-11-18(26)12-10-17/h5-12,22H,13-16H2,1-4H3,(H,28,33)/t22-/m1/s1. The van der Waals surface area contributed by atoms with E-state index in [1.807, 2.05) is 20.8 Å². The maximum Gasteiger partial charge on any atom is 0.318 e. The molecule has 0 saturated carbocycles. The summed E-state index contributed by atoms with van der Waals surface area (Å²) in [5, 5.41) is 8.54. The first-order chi connectivity index (χ1) is 16.1. The molecule has 182 valence electrons. The third-order valence-electron chi connectivity index (χ3n) is 5.27. The highest BCUT2D eigenvalue weighted by atomic mass is 19.1. The second-order valence-corrected chi connectivity index (χ2v) is 9.13. The summed E-state index contributed by atoms with van der Waals surface area (Å²) in [6.45, 7) is 5.69. The van der Waals surface area contributed by atoms with Gasteiger partial charge in [0.1, 0.15) is 18.2 Å². The number of methoxy groups -OCH3 is 1. The van der Waals surface area contributed by atoms with E-state index in [1.54, 1.807) is 30.3 Å². The SMILES string of the molecule is COCCN(CC(=O)N1N=C(c2ccc(F)cc2)C[C@@H]1c1ccccc1F)C(=O)NC(C)(C)C. The third kappa shape index (κ3) is 6.38. The number of amides is 3. The minimum absolute atomic E-state index is 0.191. The zero-order valence-electron chi connectivity index (χ0n) is 19.8. The van der Waals surface area contributed by atoms with Gasteiger partial charge in [-0.2, -0.15) is 5.10 Å². The zero-order chi connectivity index (χ0) is 24.9. The van der Waals surface area contributed by atoms with Gasteiger partial charge in [-0.3, -0.25) is 4.79 Å².